The molecular weight excluding hydrogens is 264 g/mol. The SMILES string of the molecule is CNS(=O)(=O)c1ccc(NC2CCCOCC2)cc1. The molecule has 0 bridgehead atoms. The summed E-state index contributed by atoms with van der Waals surface area (Å²) in [4.78, 5) is 0.282. The van der Waals surface area contributed by atoms with Gasteiger partial charge in [0, 0.05) is 24.9 Å². The van der Waals surface area contributed by atoms with Gasteiger partial charge in [-0.25, -0.2) is 13.1 Å². The lowest BCUT2D eigenvalue weighted by Gasteiger charge is -2.17. The van der Waals surface area contributed by atoms with Crippen molar-refractivity contribution in [1.82, 2.24) is 4.72 Å². The van der Waals surface area contributed by atoms with Crippen molar-refractivity contribution in [2.45, 2.75) is 30.2 Å². The highest BCUT2D eigenvalue weighted by atomic mass is 32.2. The van der Waals surface area contributed by atoms with Gasteiger partial charge in [0.05, 0.1) is 4.90 Å². The number of nitrogens with one attached hydrogen (secondary N) is 2. The minimum absolute atomic E-state index is 0.282. The van der Waals surface area contributed by atoms with Gasteiger partial charge in [-0.1, -0.05) is 0 Å². The summed E-state index contributed by atoms with van der Waals surface area (Å²) in [6.07, 6.45) is 3.12. The molecule has 106 valence electrons. The molecule has 1 fully saturated rings. The Morgan fingerprint density at radius 2 is 1.89 bits per heavy atom. The van der Waals surface area contributed by atoms with E-state index in [0.29, 0.717) is 6.04 Å². The van der Waals surface area contributed by atoms with Gasteiger partial charge < -0.3 is 10.1 Å². The first-order chi connectivity index (χ1) is 9.12. The van der Waals surface area contributed by atoms with Crippen molar-refractivity contribution >= 4 is 15.7 Å². The fourth-order valence-electron chi connectivity index (χ4n) is 2.13. The highest BCUT2D eigenvalue weighted by Gasteiger charge is 2.13. The van der Waals surface area contributed by atoms with Crippen molar-refractivity contribution in [3.63, 3.8) is 0 Å². The summed E-state index contributed by atoms with van der Waals surface area (Å²) in [5.41, 5.74) is 0.946. The van der Waals surface area contributed by atoms with Crippen LogP contribution in [0.3, 0.4) is 0 Å². The summed E-state index contributed by atoms with van der Waals surface area (Å²) in [5, 5.41) is 3.42. The predicted molar refractivity (Wildman–Crippen MR) is 74.8 cm³/mol. The van der Waals surface area contributed by atoms with Gasteiger partial charge in [-0.2, -0.15) is 0 Å². The maximum absolute atomic E-state index is 11.6. The fourth-order valence-corrected chi connectivity index (χ4v) is 2.86. The second kappa shape index (κ2) is 6.36. The number of rotatable bonds is 4. The average Bonchev–Trinajstić information content (AvgIpc) is 2.68. The van der Waals surface area contributed by atoms with Gasteiger partial charge in [-0.3, -0.25) is 0 Å². The van der Waals surface area contributed by atoms with Crippen LogP contribution in [0.4, 0.5) is 5.69 Å². The van der Waals surface area contributed by atoms with Crippen molar-refractivity contribution in [1.29, 1.82) is 0 Å². The molecule has 1 aromatic rings. The van der Waals surface area contributed by atoms with E-state index in [1.165, 1.54) is 7.05 Å². The normalized spacial score (nSPS) is 20.8. The van der Waals surface area contributed by atoms with E-state index in [1.807, 2.05) is 0 Å². The number of hydrogen-bond donors (Lipinski definition) is 2. The van der Waals surface area contributed by atoms with Crippen molar-refractivity contribution in [2.24, 2.45) is 0 Å². The molecule has 1 aromatic carbocycles. The van der Waals surface area contributed by atoms with Crippen LogP contribution in [-0.4, -0.2) is 34.7 Å². The van der Waals surface area contributed by atoms with E-state index < -0.39 is 10.0 Å². The number of anilines is 1. The third kappa shape index (κ3) is 3.92. The van der Waals surface area contributed by atoms with Gasteiger partial charge in [0.2, 0.25) is 10.0 Å². The number of sulfonamides is 1. The molecule has 2 N–H and O–H groups in total. The van der Waals surface area contributed by atoms with Gasteiger partial charge in [0.25, 0.3) is 0 Å². The maximum Gasteiger partial charge on any atom is 0.240 e. The average molecular weight is 284 g/mol. The monoisotopic (exact) mass is 284 g/mol. The van der Waals surface area contributed by atoms with Crippen LogP contribution in [0.1, 0.15) is 19.3 Å². The number of benzene rings is 1. The zero-order valence-electron chi connectivity index (χ0n) is 11.1. The first-order valence-corrected chi connectivity index (χ1v) is 7.98. The lowest BCUT2D eigenvalue weighted by Crippen LogP contribution is -2.20. The Bertz CT molecular complexity index is 491. The van der Waals surface area contributed by atoms with Crippen molar-refractivity contribution in [3.05, 3.63) is 24.3 Å². The van der Waals surface area contributed by atoms with Gasteiger partial charge in [-0.15, -0.1) is 0 Å². The molecule has 1 atom stereocenters. The molecule has 1 aliphatic rings. The molecule has 0 radical (unpaired) electrons. The Labute approximate surface area is 114 Å². The molecule has 0 aliphatic carbocycles. The largest absolute Gasteiger partial charge is 0.382 e. The Balaban J connectivity index is 2.02. The fraction of sp³-hybridized carbons (Fsp3) is 0.538. The van der Waals surface area contributed by atoms with Crippen LogP contribution in [0.15, 0.2) is 29.2 Å². The van der Waals surface area contributed by atoms with E-state index in [-0.39, 0.29) is 4.90 Å². The molecule has 0 aromatic heterocycles. The van der Waals surface area contributed by atoms with Crippen LogP contribution in [0.25, 0.3) is 0 Å². The Kier molecular flexibility index (Phi) is 4.79. The van der Waals surface area contributed by atoms with Gasteiger partial charge >= 0.3 is 0 Å². The molecule has 1 heterocycles. The van der Waals surface area contributed by atoms with Crippen molar-refractivity contribution in [3.8, 4) is 0 Å². The van der Waals surface area contributed by atoms with Crippen LogP contribution in [0.2, 0.25) is 0 Å². The summed E-state index contributed by atoms with van der Waals surface area (Å²) < 4.78 is 30.9. The zero-order valence-corrected chi connectivity index (χ0v) is 11.9. The molecule has 6 heteroatoms. The van der Waals surface area contributed by atoms with E-state index in [1.54, 1.807) is 24.3 Å². The molecule has 1 aliphatic heterocycles. The first kappa shape index (κ1) is 14.3. The molecule has 5 nitrogen and oxygen atoms in total. The van der Waals surface area contributed by atoms with Gasteiger partial charge in [0.15, 0.2) is 0 Å². The Hall–Kier alpha value is -1.11. The van der Waals surface area contributed by atoms with Gasteiger partial charge in [-0.05, 0) is 50.6 Å². The van der Waals surface area contributed by atoms with Crippen LogP contribution >= 0.6 is 0 Å². The topological polar surface area (TPSA) is 67.4 Å². The second-order valence-electron chi connectivity index (χ2n) is 4.62. The molecule has 1 unspecified atom stereocenters. The maximum atomic E-state index is 11.6. The van der Waals surface area contributed by atoms with E-state index in [9.17, 15) is 8.42 Å². The molecular formula is C13H20N2O3S. The molecule has 2 rings (SSSR count). The summed E-state index contributed by atoms with van der Waals surface area (Å²) in [7, 11) is -1.94. The quantitative estimate of drug-likeness (QED) is 0.881. The second-order valence-corrected chi connectivity index (χ2v) is 6.50. The smallest absolute Gasteiger partial charge is 0.240 e. The first-order valence-electron chi connectivity index (χ1n) is 6.50. The summed E-state index contributed by atoms with van der Waals surface area (Å²) >= 11 is 0. The lowest BCUT2D eigenvalue weighted by atomic mass is 10.1. The minimum atomic E-state index is -3.35. The summed E-state index contributed by atoms with van der Waals surface area (Å²) in [5.74, 6) is 0. The standard InChI is InChI=1S/C13H20N2O3S/c1-14-19(16,17)13-6-4-12(5-7-13)15-11-3-2-9-18-10-8-11/h4-7,11,14-15H,2-3,8-10H2,1H3. The van der Waals surface area contributed by atoms with Crippen LogP contribution < -0.4 is 10.0 Å². The van der Waals surface area contributed by atoms with Crippen molar-refractivity contribution in [2.75, 3.05) is 25.6 Å². The number of hydrogen-bond acceptors (Lipinski definition) is 4. The van der Waals surface area contributed by atoms with E-state index in [0.717, 1.165) is 38.2 Å². The van der Waals surface area contributed by atoms with Crippen LogP contribution in [-0.2, 0) is 14.8 Å². The molecule has 19 heavy (non-hydrogen) atoms. The highest BCUT2D eigenvalue weighted by Crippen LogP contribution is 2.18. The highest BCUT2D eigenvalue weighted by molar-refractivity contribution is 7.89. The zero-order chi connectivity index (χ0) is 13.7. The third-order valence-corrected chi connectivity index (χ3v) is 4.69. The van der Waals surface area contributed by atoms with E-state index >= 15 is 0 Å². The number of ether oxygens (including phenoxy) is 1. The molecule has 0 amide bonds. The minimum Gasteiger partial charge on any atom is -0.382 e. The third-order valence-electron chi connectivity index (χ3n) is 3.26. The molecule has 0 saturated carbocycles. The summed E-state index contributed by atoms with van der Waals surface area (Å²) in [6.45, 7) is 1.61. The van der Waals surface area contributed by atoms with Gasteiger partial charge in [0.1, 0.15) is 0 Å². The van der Waals surface area contributed by atoms with E-state index in [4.69, 9.17) is 4.74 Å². The summed E-state index contributed by atoms with van der Waals surface area (Å²) in [6, 6.07) is 7.23. The van der Waals surface area contributed by atoms with E-state index in [2.05, 4.69) is 10.0 Å². The molecule has 0 spiro atoms. The Morgan fingerprint density at radius 3 is 2.58 bits per heavy atom. The Morgan fingerprint density at radius 1 is 1.16 bits per heavy atom. The van der Waals surface area contributed by atoms with Crippen LogP contribution in [0.5, 0.6) is 0 Å². The van der Waals surface area contributed by atoms with Crippen LogP contribution in [0, 0.1) is 0 Å². The van der Waals surface area contributed by atoms with Crippen molar-refractivity contribution < 1.29 is 13.2 Å². The predicted octanol–water partition coefficient (Wildman–Crippen LogP) is 1.58. The molecule has 1 saturated heterocycles. The lowest BCUT2D eigenvalue weighted by molar-refractivity contribution is 0.144.